The van der Waals surface area contributed by atoms with Crippen molar-refractivity contribution in [2.24, 2.45) is 11.8 Å². The summed E-state index contributed by atoms with van der Waals surface area (Å²) in [6.07, 6.45) is 7.76. The summed E-state index contributed by atoms with van der Waals surface area (Å²) in [5.74, 6) is 0.0142. The lowest BCUT2D eigenvalue weighted by atomic mass is 9.86. The van der Waals surface area contributed by atoms with Gasteiger partial charge >= 0.3 is 5.97 Å². The molecule has 0 bridgehead atoms. The number of rotatable bonds is 8. The summed E-state index contributed by atoms with van der Waals surface area (Å²) in [4.78, 5) is 25.3. The lowest BCUT2D eigenvalue weighted by Crippen LogP contribution is -2.39. The zero-order chi connectivity index (χ0) is 15.7. The van der Waals surface area contributed by atoms with Crippen LogP contribution in [0.25, 0.3) is 0 Å². The summed E-state index contributed by atoms with van der Waals surface area (Å²) in [6.45, 7) is 2.26. The molecule has 1 fully saturated rings. The van der Waals surface area contributed by atoms with Gasteiger partial charge in [0.05, 0.1) is 19.6 Å². The molecule has 0 aromatic rings. The molecule has 1 unspecified atom stereocenters. The first-order valence-electron chi connectivity index (χ1n) is 8.05. The van der Waals surface area contributed by atoms with E-state index < -0.39 is 0 Å². The molecular formula is C16H29NO4. The van der Waals surface area contributed by atoms with Crippen molar-refractivity contribution >= 4 is 11.9 Å². The standard InChI is InChI=1S/C16H29NO4/c1-13(16(20)21-2)12-17(10-11-18)15(19)9-8-14-6-4-3-5-7-14/h13-14,18H,3-12H2,1-2H3. The van der Waals surface area contributed by atoms with Crippen LogP contribution in [0.4, 0.5) is 0 Å². The fraction of sp³-hybridized carbons (Fsp3) is 0.875. The molecule has 0 aromatic carbocycles. The van der Waals surface area contributed by atoms with Gasteiger partial charge in [-0.1, -0.05) is 39.0 Å². The predicted octanol–water partition coefficient (Wildman–Crippen LogP) is 1.98. The molecule has 0 aliphatic heterocycles. The predicted molar refractivity (Wildman–Crippen MR) is 80.7 cm³/mol. The van der Waals surface area contributed by atoms with Crippen molar-refractivity contribution in [2.75, 3.05) is 26.8 Å². The summed E-state index contributed by atoms with van der Waals surface area (Å²) >= 11 is 0. The number of aliphatic hydroxyl groups excluding tert-OH is 1. The van der Waals surface area contributed by atoms with Gasteiger partial charge in [0.2, 0.25) is 5.91 Å². The van der Waals surface area contributed by atoms with E-state index in [9.17, 15) is 9.59 Å². The molecule has 1 rings (SSSR count). The van der Waals surface area contributed by atoms with Gasteiger partial charge in [-0.05, 0) is 12.3 Å². The van der Waals surface area contributed by atoms with Crippen LogP contribution in [-0.4, -0.2) is 48.7 Å². The highest BCUT2D eigenvalue weighted by molar-refractivity contribution is 5.78. The Morgan fingerprint density at radius 1 is 1.29 bits per heavy atom. The van der Waals surface area contributed by atoms with Gasteiger partial charge < -0.3 is 14.7 Å². The first kappa shape index (κ1) is 18.0. The first-order valence-corrected chi connectivity index (χ1v) is 8.05. The zero-order valence-electron chi connectivity index (χ0n) is 13.3. The lowest BCUT2D eigenvalue weighted by Gasteiger charge is -2.26. The maximum Gasteiger partial charge on any atom is 0.310 e. The van der Waals surface area contributed by atoms with Crippen molar-refractivity contribution in [1.82, 2.24) is 4.90 Å². The molecule has 1 aliphatic rings. The van der Waals surface area contributed by atoms with Crippen LogP contribution in [0, 0.1) is 11.8 Å². The Bertz CT molecular complexity index is 326. The molecule has 0 radical (unpaired) electrons. The van der Waals surface area contributed by atoms with E-state index in [2.05, 4.69) is 4.74 Å². The Kier molecular flexibility index (Phi) is 8.35. The van der Waals surface area contributed by atoms with Gasteiger partial charge in [-0.25, -0.2) is 0 Å². The molecule has 0 saturated heterocycles. The van der Waals surface area contributed by atoms with Gasteiger partial charge in [0.15, 0.2) is 0 Å². The van der Waals surface area contributed by atoms with Crippen molar-refractivity contribution in [3.05, 3.63) is 0 Å². The summed E-state index contributed by atoms with van der Waals surface area (Å²) < 4.78 is 4.69. The van der Waals surface area contributed by atoms with E-state index in [1.807, 2.05) is 0 Å². The summed E-state index contributed by atoms with van der Waals surface area (Å²) in [5, 5.41) is 9.10. The van der Waals surface area contributed by atoms with Crippen LogP contribution in [-0.2, 0) is 14.3 Å². The second-order valence-corrected chi connectivity index (χ2v) is 6.03. The van der Waals surface area contributed by atoms with E-state index in [1.165, 1.54) is 39.2 Å². The van der Waals surface area contributed by atoms with Gasteiger partial charge in [0, 0.05) is 19.5 Å². The summed E-state index contributed by atoms with van der Waals surface area (Å²) in [6, 6.07) is 0. The molecule has 1 N–H and O–H groups in total. The van der Waals surface area contributed by atoms with E-state index in [0.717, 1.165) is 6.42 Å². The number of amides is 1. The number of esters is 1. The van der Waals surface area contributed by atoms with Crippen molar-refractivity contribution in [3.63, 3.8) is 0 Å². The summed E-state index contributed by atoms with van der Waals surface area (Å²) in [5.41, 5.74) is 0. The molecule has 1 atom stereocenters. The zero-order valence-corrected chi connectivity index (χ0v) is 13.3. The summed E-state index contributed by atoms with van der Waals surface area (Å²) in [7, 11) is 1.35. The smallest absolute Gasteiger partial charge is 0.310 e. The van der Waals surface area contributed by atoms with Crippen LogP contribution in [0.1, 0.15) is 51.9 Å². The van der Waals surface area contributed by atoms with E-state index in [4.69, 9.17) is 5.11 Å². The lowest BCUT2D eigenvalue weighted by molar-refractivity contribution is -0.146. The minimum absolute atomic E-state index is 0.0328. The number of carbonyl (C=O) groups excluding carboxylic acids is 2. The second kappa shape index (κ2) is 9.77. The van der Waals surface area contributed by atoms with Gasteiger partial charge in [0.1, 0.15) is 0 Å². The highest BCUT2D eigenvalue weighted by Gasteiger charge is 2.22. The Morgan fingerprint density at radius 2 is 1.95 bits per heavy atom. The van der Waals surface area contributed by atoms with Crippen LogP contribution in [0.3, 0.4) is 0 Å². The van der Waals surface area contributed by atoms with Crippen LogP contribution in [0.15, 0.2) is 0 Å². The molecule has 0 spiro atoms. The van der Waals surface area contributed by atoms with E-state index in [0.29, 0.717) is 18.9 Å². The number of nitrogens with zero attached hydrogens (tertiary/aromatic N) is 1. The highest BCUT2D eigenvalue weighted by Crippen LogP contribution is 2.27. The van der Waals surface area contributed by atoms with Crippen LogP contribution in [0.2, 0.25) is 0 Å². The number of aliphatic hydroxyl groups is 1. The fourth-order valence-corrected chi connectivity index (χ4v) is 3.01. The third kappa shape index (κ3) is 6.46. The third-order valence-corrected chi connectivity index (χ3v) is 4.31. The van der Waals surface area contributed by atoms with Gasteiger partial charge in [-0.3, -0.25) is 9.59 Å². The Morgan fingerprint density at radius 3 is 2.52 bits per heavy atom. The van der Waals surface area contributed by atoms with Crippen LogP contribution < -0.4 is 0 Å². The number of carbonyl (C=O) groups is 2. The molecule has 5 heteroatoms. The SMILES string of the molecule is COC(=O)C(C)CN(CCO)C(=O)CCC1CCCCC1. The maximum absolute atomic E-state index is 12.3. The van der Waals surface area contributed by atoms with Gasteiger partial charge in [-0.15, -0.1) is 0 Å². The third-order valence-electron chi connectivity index (χ3n) is 4.31. The van der Waals surface area contributed by atoms with Gasteiger partial charge in [-0.2, -0.15) is 0 Å². The molecular weight excluding hydrogens is 270 g/mol. The normalized spacial score (nSPS) is 17.3. The molecule has 1 amide bonds. The Balaban J connectivity index is 2.42. The molecule has 0 aromatic heterocycles. The number of hydrogen-bond acceptors (Lipinski definition) is 4. The quantitative estimate of drug-likeness (QED) is 0.696. The molecule has 21 heavy (non-hydrogen) atoms. The molecule has 0 heterocycles. The van der Waals surface area contributed by atoms with Crippen LogP contribution >= 0.6 is 0 Å². The number of ether oxygens (including phenoxy) is 1. The second-order valence-electron chi connectivity index (χ2n) is 6.03. The van der Waals surface area contributed by atoms with E-state index in [1.54, 1.807) is 11.8 Å². The first-order chi connectivity index (χ1) is 10.1. The monoisotopic (exact) mass is 299 g/mol. The van der Waals surface area contributed by atoms with Crippen LogP contribution in [0.5, 0.6) is 0 Å². The number of methoxy groups -OCH3 is 1. The fourth-order valence-electron chi connectivity index (χ4n) is 3.01. The van der Waals surface area contributed by atoms with Crippen molar-refractivity contribution in [1.29, 1.82) is 0 Å². The van der Waals surface area contributed by atoms with E-state index >= 15 is 0 Å². The van der Waals surface area contributed by atoms with Crippen molar-refractivity contribution < 1.29 is 19.4 Å². The Hall–Kier alpha value is -1.10. The minimum Gasteiger partial charge on any atom is -0.469 e. The largest absolute Gasteiger partial charge is 0.469 e. The molecule has 5 nitrogen and oxygen atoms in total. The number of hydrogen-bond donors (Lipinski definition) is 1. The highest BCUT2D eigenvalue weighted by atomic mass is 16.5. The average molecular weight is 299 g/mol. The van der Waals surface area contributed by atoms with E-state index in [-0.39, 0.29) is 30.9 Å². The minimum atomic E-state index is -0.361. The molecule has 1 aliphatic carbocycles. The molecule has 122 valence electrons. The van der Waals surface area contributed by atoms with Crippen molar-refractivity contribution in [3.8, 4) is 0 Å². The Labute approximate surface area is 127 Å². The topological polar surface area (TPSA) is 66.8 Å². The average Bonchev–Trinajstić information content (AvgIpc) is 2.52. The molecule has 1 saturated carbocycles. The van der Waals surface area contributed by atoms with Gasteiger partial charge in [0.25, 0.3) is 0 Å². The van der Waals surface area contributed by atoms with Crippen molar-refractivity contribution in [2.45, 2.75) is 51.9 Å². The maximum atomic E-state index is 12.3.